The monoisotopic (exact) mass is 353 g/mol. The molecule has 0 radical (unpaired) electrons. The quantitative estimate of drug-likeness (QED) is 0.732. The van der Waals surface area contributed by atoms with Crippen molar-refractivity contribution in [2.75, 3.05) is 5.32 Å². The molecule has 2 aromatic carbocycles. The van der Waals surface area contributed by atoms with E-state index >= 15 is 0 Å². The summed E-state index contributed by atoms with van der Waals surface area (Å²) in [7, 11) is 0. The third-order valence-corrected chi connectivity index (χ3v) is 3.71. The van der Waals surface area contributed by atoms with Crippen molar-refractivity contribution in [3.63, 3.8) is 0 Å². The van der Waals surface area contributed by atoms with E-state index in [4.69, 9.17) is 16.3 Å². The standard InChI is InChI=1S/C19H16ClN3O2/c1-12-10-13(2)22-19(21-12)25-15-7-5-6-14(11-15)23-18(24)16-8-3-4-9-17(16)20/h3-11H,1-2H3,(H,23,24). The molecule has 0 atom stereocenters. The SMILES string of the molecule is Cc1cc(C)nc(Oc2cccc(NC(=O)c3ccccc3Cl)c2)n1. The minimum absolute atomic E-state index is 0.270. The second-order valence-electron chi connectivity index (χ2n) is 5.50. The number of halogens is 1. The summed E-state index contributed by atoms with van der Waals surface area (Å²) >= 11 is 6.05. The van der Waals surface area contributed by atoms with Gasteiger partial charge in [-0.05, 0) is 44.2 Å². The van der Waals surface area contributed by atoms with Gasteiger partial charge in [0.2, 0.25) is 0 Å². The molecule has 0 fully saturated rings. The van der Waals surface area contributed by atoms with Crippen LogP contribution in [0.25, 0.3) is 0 Å². The summed E-state index contributed by atoms with van der Waals surface area (Å²) in [5.41, 5.74) is 2.65. The van der Waals surface area contributed by atoms with Gasteiger partial charge in [-0.1, -0.05) is 29.8 Å². The molecule has 3 rings (SSSR count). The maximum absolute atomic E-state index is 12.3. The number of carbonyl (C=O) groups excluding carboxylic acids is 1. The minimum Gasteiger partial charge on any atom is -0.424 e. The van der Waals surface area contributed by atoms with Gasteiger partial charge in [-0.2, -0.15) is 0 Å². The van der Waals surface area contributed by atoms with Crippen molar-refractivity contribution in [2.24, 2.45) is 0 Å². The molecule has 1 amide bonds. The molecule has 1 N–H and O–H groups in total. The van der Waals surface area contributed by atoms with E-state index in [0.29, 0.717) is 22.0 Å². The summed E-state index contributed by atoms with van der Waals surface area (Å²) in [5, 5.41) is 3.20. The number of hydrogen-bond acceptors (Lipinski definition) is 4. The summed E-state index contributed by atoms with van der Waals surface area (Å²) in [4.78, 5) is 20.8. The van der Waals surface area contributed by atoms with Crippen LogP contribution in [0, 0.1) is 13.8 Å². The Labute approximate surface area is 150 Å². The number of nitrogens with zero attached hydrogens (tertiary/aromatic N) is 2. The van der Waals surface area contributed by atoms with Gasteiger partial charge in [-0.3, -0.25) is 4.79 Å². The number of anilines is 1. The van der Waals surface area contributed by atoms with Crippen molar-refractivity contribution in [3.05, 3.63) is 76.6 Å². The van der Waals surface area contributed by atoms with Gasteiger partial charge in [0.05, 0.1) is 10.6 Å². The largest absolute Gasteiger partial charge is 0.424 e. The molecule has 0 unspecified atom stereocenters. The lowest BCUT2D eigenvalue weighted by Crippen LogP contribution is -2.12. The van der Waals surface area contributed by atoms with E-state index in [-0.39, 0.29) is 11.9 Å². The predicted molar refractivity (Wildman–Crippen MR) is 97.4 cm³/mol. The fourth-order valence-electron chi connectivity index (χ4n) is 2.33. The Morgan fingerprint density at radius 1 is 1.00 bits per heavy atom. The predicted octanol–water partition coefficient (Wildman–Crippen LogP) is 4.79. The first-order chi connectivity index (χ1) is 12.0. The molecular weight excluding hydrogens is 338 g/mol. The first-order valence-electron chi connectivity index (χ1n) is 7.67. The molecule has 6 heteroatoms. The first-order valence-corrected chi connectivity index (χ1v) is 8.05. The zero-order chi connectivity index (χ0) is 17.8. The molecular formula is C19H16ClN3O2. The fourth-order valence-corrected chi connectivity index (χ4v) is 2.55. The topological polar surface area (TPSA) is 64.1 Å². The summed E-state index contributed by atoms with van der Waals surface area (Å²) < 4.78 is 5.69. The molecule has 25 heavy (non-hydrogen) atoms. The van der Waals surface area contributed by atoms with Crippen LogP contribution in [0.1, 0.15) is 21.7 Å². The molecule has 0 aliphatic rings. The third kappa shape index (κ3) is 4.33. The molecule has 0 spiro atoms. The average molecular weight is 354 g/mol. The van der Waals surface area contributed by atoms with Crippen LogP contribution in [0.3, 0.4) is 0 Å². The number of hydrogen-bond donors (Lipinski definition) is 1. The third-order valence-electron chi connectivity index (χ3n) is 3.38. The normalized spacial score (nSPS) is 10.4. The van der Waals surface area contributed by atoms with Gasteiger partial charge in [0.25, 0.3) is 5.91 Å². The van der Waals surface area contributed by atoms with Crippen LogP contribution in [0.15, 0.2) is 54.6 Å². The number of amides is 1. The van der Waals surface area contributed by atoms with Crippen LogP contribution in [0.2, 0.25) is 5.02 Å². The highest BCUT2D eigenvalue weighted by Gasteiger charge is 2.10. The van der Waals surface area contributed by atoms with Gasteiger partial charge >= 0.3 is 6.01 Å². The lowest BCUT2D eigenvalue weighted by atomic mass is 10.2. The van der Waals surface area contributed by atoms with Gasteiger partial charge in [0.15, 0.2) is 0 Å². The maximum atomic E-state index is 12.3. The molecule has 3 aromatic rings. The first kappa shape index (κ1) is 16.9. The van der Waals surface area contributed by atoms with Crippen molar-refractivity contribution < 1.29 is 9.53 Å². The summed E-state index contributed by atoms with van der Waals surface area (Å²) in [6.07, 6.45) is 0. The number of aryl methyl sites for hydroxylation is 2. The maximum Gasteiger partial charge on any atom is 0.322 e. The van der Waals surface area contributed by atoms with Crippen molar-refractivity contribution >= 4 is 23.2 Å². The average Bonchev–Trinajstić information content (AvgIpc) is 2.54. The van der Waals surface area contributed by atoms with E-state index in [0.717, 1.165) is 11.4 Å². The van der Waals surface area contributed by atoms with Crippen LogP contribution in [0.4, 0.5) is 5.69 Å². The lowest BCUT2D eigenvalue weighted by molar-refractivity contribution is 0.102. The van der Waals surface area contributed by atoms with Gasteiger partial charge in [0, 0.05) is 23.1 Å². The molecule has 0 aliphatic heterocycles. The number of nitrogens with one attached hydrogen (secondary N) is 1. The van der Waals surface area contributed by atoms with E-state index in [9.17, 15) is 4.79 Å². The molecule has 5 nitrogen and oxygen atoms in total. The Morgan fingerprint density at radius 2 is 1.72 bits per heavy atom. The van der Waals surface area contributed by atoms with Crippen LogP contribution in [-0.4, -0.2) is 15.9 Å². The smallest absolute Gasteiger partial charge is 0.322 e. The van der Waals surface area contributed by atoms with Crippen molar-refractivity contribution in [3.8, 4) is 11.8 Å². The number of rotatable bonds is 4. The second-order valence-corrected chi connectivity index (χ2v) is 5.90. The highest BCUT2D eigenvalue weighted by Crippen LogP contribution is 2.23. The zero-order valence-corrected chi connectivity index (χ0v) is 14.5. The molecule has 1 heterocycles. The number of aromatic nitrogens is 2. The van der Waals surface area contributed by atoms with Gasteiger partial charge in [0.1, 0.15) is 5.75 Å². The van der Waals surface area contributed by atoms with E-state index in [1.807, 2.05) is 19.9 Å². The number of benzene rings is 2. The van der Waals surface area contributed by atoms with Gasteiger partial charge in [-0.15, -0.1) is 0 Å². The Morgan fingerprint density at radius 3 is 2.44 bits per heavy atom. The van der Waals surface area contributed by atoms with E-state index in [1.165, 1.54) is 0 Å². The minimum atomic E-state index is -0.287. The van der Waals surface area contributed by atoms with Crippen molar-refractivity contribution in [1.82, 2.24) is 9.97 Å². The molecule has 0 aliphatic carbocycles. The lowest BCUT2D eigenvalue weighted by Gasteiger charge is -2.09. The van der Waals surface area contributed by atoms with E-state index < -0.39 is 0 Å². The Hall–Kier alpha value is -2.92. The van der Waals surface area contributed by atoms with Crippen LogP contribution < -0.4 is 10.1 Å². The molecule has 1 aromatic heterocycles. The van der Waals surface area contributed by atoms with E-state index in [1.54, 1.807) is 48.5 Å². The molecule has 0 saturated heterocycles. The number of ether oxygens (including phenoxy) is 1. The number of carbonyl (C=O) groups is 1. The Kier molecular flexibility index (Phi) is 4.95. The molecule has 0 bridgehead atoms. The zero-order valence-electron chi connectivity index (χ0n) is 13.8. The van der Waals surface area contributed by atoms with Crippen LogP contribution in [0.5, 0.6) is 11.8 Å². The van der Waals surface area contributed by atoms with Gasteiger partial charge < -0.3 is 10.1 Å². The van der Waals surface area contributed by atoms with Gasteiger partial charge in [-0.25, -0.2) is 9.97 Å². The Bertz CT molecular complexity index is 908. The van der Waals surface area contributed by atoms with Crippen LogP contribution >= 0.6 is 11.6 Å². The fraction of sp³-hybridized carbons (Fsp3) is 0.105. The van der Waals surface area contributed by atoms with Crippen molar-refractivity contribution in [1.29, 1.82) is 0 Å². The summed E-state index contributed by atoms with van der Waals surface area (Å²) in [5.74, 6) is 0.243. The highest BCUT2D eigenvalue weighted by atomic mass is 35.5. The molecule has 0 saturated carbocycles. The second kappa shape index (κ2) is 7.32. The summed E-state index contributed by atoms with van der Waals surface area (Å²) in [6, 6.07) is 16.0. The Balaban J connectivity index is 1.77. The highest BCUT2D eigenvalue weighted by molar-refractivity contribution is 6.34. The molecule has 126 valence electrons. The van der Waals surface area contributed by atoms with Crippen molar-refractivity contribution in [2.45, 2.75) is 13.8 Å². The van der Waals surface area contributed by atoms with E-state index in [2.05, 4.69) is 15.3 Å². The summed E-state index contributed by atoms with van der Waals surface area (Å²) in [6.45, 7) is 3.75. The van der Waals surface area contributed by atoms with Crippen LogP contribution in [-0.2, 0) is 0 Å².